The van der Waals surface area contributed by atoms with Crippen LogP contribution in [-0.4, -0.2) is 50.2 Å². The number of sulfonamides is 1. The van der Waals surface area contributed by atoms with Crippen LogP contribution < -0.4 is 10.6 Å². The number of nitrogens with zero attached hydrogens (tertiary/aromatic N) is 1. The number of hydrogen-bond acceptors (Lipinski definition) is 4. The summed E-state index contributed by atoms with van der Waals surface area (Å²) < 4.78 is 28.2. The van der Waals surface area contributed by atoms with Gasteiger partial charge in [-0.05, 0) is 104 Å². The predicted molar refractivity (Wildman–Crippen MR) is 139 cm³/mol. The molecule has 36 heavy (non-hydrogen) atoms. The van der Waals surface area contributed by atoms with Gasteiger partial charge in [-0.3, -0.25) is 9.59 Å². The molecule has 6 rings (SSSR count). The van der Waals surface area contributed by atoms with Gasteiger partial charge in [0.2, 0.25) is 15.9 Å². The van der Waals surface area contributed by atoms with Crippen molar-refractivity contribution in [3.8, 4) is 0 Å². The number of rotatable bonds is 7. The Labute approximate surface area is 215 Å². The van der Waals surface area contributed by atoms with E-state index < -0.39 is 10.0 Å². The van der Waals surface area contributed by atoms with Gasteiger partial charge in [-0.1, -0.05) is 20.4 Å². The zero-order valence-corrected chi connectivity index (χ0v) is 22.2. The van der Waals surface area contributed by atoms with Crippen molar-refractivity contribution in [2.75, 3.05) is 19.6 Å². The van der Waals surface area contributed by atoms with Crippen LogP contribution in [-0.2, 0) is 14.8 Å². The second-order valence-electron chi connectivity index (χ2n) is 12.1. The van der Waals surface area contributed by atoms with E-state index >= 15 is 0 Å². The standard InChI is InChI=1S/C28H39N3O4S/c1-4-25(32)30-26-18(2)15-31(16-19(26)3)36(34,35)24-7-5-23(6-8-24)27(33)29-17-28-12-20-9-21(13-28)11-22(10-20)14-28/h4-8,18-22,26H,1,9-17H2,2-3H3,(H,29,33)(H,30,32). The average Bonchev–Trinajstić information content (AvgIpc) is 2.83. The van der Waals surface area contributed by atoms with Crippen LogP contribution in [0.5, 0.6) is 0 Å². The average molecular weight is 514 g/mol. The molecule has 0 aromatic heterocycles. The summed E-state index contributed by atoms with van der Waals surface area (Å²) in [5, 5.41) is 6.10. The van der Waals surface area contributed by atoms with Crippen molar-refractivity contribution < 1.29 is 18.0 Å². The second kappa shape index (κ2) is 9.60. The van der Waals surface area contributed by atoms with E-state index in [-0.39, 0.29) is 40.0 Å². The van der Waals surface area contributed by atoms with Gasteiger partial charge in [0.05, 0.1) is 4.90 Å². The molecule has 2 N–H and O–H groups in total. The van der Waals surface area contributed by atoms with Gasteiger partial charge in [0.15, 0.2) is 0 Å². The molecule has 5 aliphatic rings. The maximum atomic E-state index is 13.4. The summed E-state index contributed by atoms with van der Waals surface area (Å²) in [6.07, 6.45) is 9.08. The van der Waals surface area contributed by atoms with Gasteiger partial charge < -0.3 is 10.6 Å². The molecule has 0 spiro atoms. The molecule has 5 fully saturated rings. The molecule has 4 saturated carbocycles. The Morgan fingerprint density at radius 3 is 2.03 bits per heavy atom. The first kappa shape index (κ1) is 25.5. The van der Waals surface area contributed by atoms with Crippen molar-refractivity contribution in [1.29, 1.82) is 0 Å². The first-order chi connectivity index (χ1) is 17.1. The fourth-order valence-electron chi connectivity index (χ4n) is 8.01. The normalized spacial score (nSPS) is 35.8. The van der Waals surface area contributed by atoms with Crippen LogP contribution in [0.15, 0.2) is 41.8 Å². The van der Waals surface area contributed by atoms with Crippen LogP contribution in [0.2, 0.25) is 0 Å². The van der Waals surface area contributed by atoms with Gasteiger partial charge in [0.1, 0.15) is 0 Å². The summed E-state index contributed by atoms with van der Waals surface area (Å²) >= 11 is 0. The molecular weight excluding hydrogens is 474 g/mol. The molecule has 1 heterocycles. The minimum absolute atomic E-state index is 0.0398. The van der Waals surface area contributed by atoms with Gasteiger partial charge in [-0.15, -0.1) is 0 Å². The van der Waals surface area contributed by atoms with E-state index in [1.165, 1.54) is 61.0 Å². The van der Waals surface area contributed by atoms with Gasteiger partial charge in [-0.25, -0.2) is 8.42 Å². The highest BCUT2D eigenvalue weighted by molar-refractivity contribution is 7.89. The minimum Gasteiger partial charge on any atom is -0.351 e. The molecule has 4 aliphatic carbocycles. The van der Waals surface area contributed by atoms with E-state index in [1.54, 1.807) is 12.1 Å². The van der Waals surface area contributed by atoms with Crippen LogP contribution in [0.4, 0.5) is 0 Å². The summed E-state index contributed by atoms with van der Waals surface area (Å²) in [5.41, 5.74) is 0.754. The highest BCUT2D eigenvalue weighted by Crippen LogP contribution is 2.59. The van der Waals surface area contributed by atoms with Crippen LogP contribution in [0.3, 0.4) is 0 Å². The van der Waals surface area contributed by atoms with Crippen molar-refractivity contribution in [3.63, 3.8) is 0 Å². The highest BCUT2D eigenvalue weighted by atomic mass is 32.2. The summed E-state index contributed by atoms with van der Waals surface area (Å²) in [6.45, 7) is 8.76. The molecule has 2 atom stereocenters. The monoisotopic (exact) mass is 513 g/mol. The van der Waals surface area contributed by atoms with Crippen LogP contribution >= 0.6 is 0 Å². The van der Waals surface area contributed by atoms with Crippen LogP contribution in [0, 0.1) is 35.0 Å². The Balaban J connectivity index is 1.21. The Morgan fingerprint density at radius 1 is 1.00 bits per heavy atom. The smallest absolute Gasteiger partial charge is 0.251 e. The summed E-state index contributed by atoms with van der Waals surface area (Å²) in [7, 11) is -3.70. The topological polar surface area (TPSA) is 95.6 Å². The molecular formula is C28H39N3O4S. The minimum atomic E-state index is -3.70. The van der Waals surface area contributed by atoms with E-state index in [0.29, 0.717) is 18.7 Å². The van der Waals surface area contributed by atoms with Crippen LogP contribution in [0.1, 0.15) is 62.7 Å². The zero-order chi connectivity index (χ0) is 25.7. The molecule has 4 bridgehead atoms. The van der Waals surface area contributed by atoms with E-state index in [0.717, 1.165) is 24.3 Å². The molecule has 1 aromatic carbocycles. The number of carbonyl (C=O) groups is 2. The SMILES string of the molecule is C=CC(=O)NC1C(C)CN(S(=O)(=O)c2ccc(C(=O)NCC34CC5CC(CC(C5)C3)C4)cc2)CC1C. The number of amides is 2. The number of carbonyl (C=O) groups excluding carboxylic acids is 2. The lowest BCUT2D eigenvalue weighted by Crippen LogP contribution is -2.55. The number of benzene rings is 1. The molecule has 1 saturated heterocycles. The molecule has 2 unspecified atom stereocenters. The van der Waals surface area contributed by atoms with Crippen molar-refractivity contribution in [2.45, 2.75) is 63.3 Å². The molecule has 7 nitrogen and oxygen atoms in total. The third kappa shape index (κ3) is 4.86. The molecule has 1 aromatic rings. The van der Waals surface area contributed by atoms with Gasteiger partial charge in [0.25, 0.3) is 5.91 Å². The first-order valence-corrected chi connectivity index (χ1v) is 14.8. The fourth-order valence-corrected chi connectivity index (χ4v) is 9.65. The maximum absolute atomic E-state index is 13.4. The Hall–Kier alpha value is -2.19. The number of hydrogen-bond donors (Lipinski definition) is 2. The van der Waals surface area contributed by atoms with Gasteiger partial charge >= 0.3 is 0 Å². The lowest BCUT2D eigenvalue weighted by Gasteiger charge is -2.56. The quantitative estimate of drug-likeness (QED) is 0.545. The molecule has 196 valence electrons. The van der Waals surface area contributed by atoms with Crippen molar-refractivity contribution in [2.24, 2.45) is 35.0 Å². The maximum Gasteiger partial charge on any atom is 0.251 e. The summed E-state index contributed by atoms with van der Waals surface area (Å²) in [4.78, 5) is 24.9. The number of piperidine rings is 1. The zero-order valence-electron chi connectivity index (χ0n) is 21.4. The largest absolute Gasteiger partial charge is 0.351 e. The van der Waals surface area contributed by atoms with Crippen molar-refractivity contribution >= 4 is 21.8 Å². The van der Waals surface area contributed by atoms with Gasteiger partial charge in [0, 0.05) is 31.2 Å². The van der Waals surface area contributed by atoms with E-state index in [9.17, 15) is 18.0 Å². The van der Waals surface area contributed by atoms with Gasteiger partial charge in [-0.2, -0.15) is 4.31 Å². The molecule has 2 amide bonds. The molecule has 1 aliphatic heterocycles. The van der Waals surface area contributed by atoms with Crippen LogP contribution in [0.25, 0.3) is 0 Å². The summed E-state index contributed by atoms with van der Waals surface area (Å²) in [6, 6.07) is 6.20. The summed E-state index contributed by atoms with van der Waals surface area (Å²) in [5.74, 6) is 2.07. The Kier molecular flexibility index (Phi) is 6.79. The second-order valence-corrected chi connectivity index (χ2v) is 14.1. The third-order valence-electron chi connectivity index (χ3n) is 9.25. The lowest BCUT2D eigenvalue weighted by molar-refractivity contribution is -0.118. The Bertz CT molecular complexity index is 1080. The molecule has 8 heteroatoms. The van der Waals surface area contributed by atoms with Crippen molar-refractivity contribution in [3.05, 3.63) is 42.5 Å². The van der Waals surface area contributed by atoms with E-state index in [2.05, 4.69) is 17.2 Å². The van der Waals surface area contributed by atoms with E-state index in [4.69, 9.17) is 0 Å². The first-order valence-electron chi connectivity index (χ1n) is 13.4. The Morgan fingerprint density at radius 2 is 1.53 bits per heavy atom. The fraction of sp³-hybridized carbons (Fsp3) is 0.643. The van der Waals surface area contributed by atoms with Crippen molar-refractivity contribution in [1.82, 2.24) is 14.9 Å². The predicted octanol–water partition coefficient (Wildman–Crippen LogP) is 3.58. The van der Waals surface area contributed by atoms with E-state index in [1.807, 2.05) is 13.8 Å². The number of nitrogens with one attached hydrogen (secondary N) is 2. The molecule has 0 radical (unpaired) electrons. The lowest BCUT2D eigenvalue weighted by atomic mass is 9.49. The third-order valence-corrected chi connectivity index (χ3v) is 11.1. The highest BCUT2D eigenvalue weighted by Gasteiger charge is 2.50.